The highest BCUT2D eigenvalue weighted by Crippen LogP contribution is 2.26. The maximum Gasteiger partial charge on any atom is 0.321 e. The summed E-state index contributed by atoms with van der Waals surface area (Å²) in [6, 6.07) is 3.97. The minimum atomic E-state index is -0.524. The average molecular weight is 412 g/mol. The molecule has 0 spiro atoms. The van der Waals surface area contributed by atoms with Crippen molar-refractivity contribution >= 4 is 17.8 Å². The summed E-state index contributed by atoms with van der Waals surface area (Å²) < 4.78 is 0. The third kappa shape index (κ3) is 3.89. The highest BCUT2D eigenvalue weighted by molar-refractivity contribution is 6.09. The van der Waals surface area contributed by atoms with Gasteiger partial charge in [-0.15, -0.1) is 0 Å². The summed E-state index contributed by atoms with van der Waals surface area (Å²) in [6.45, 7) is 7.29. The van der Waals surface area contributed by atoms with E-state index in [4.69, 9.17) is 11.5 Å². The first kappa shape index (κ1) is 20.3. The molecule has 0 bridgehead atoms. The third-order valence-corrected chi connectivity index (χ3v) is 6.21. The molecule has 4 rings (SSSR count). The summed E-state index contributed by atoms with van der Waals surface area (Å²) in [6.07, 6.45) is 3.93. The predicted molar refractivity (Wildman–Crippen MR) is 114 cm³/mol. The van der Waals surface area contributed by atoms with E-state index in [2.05, 4.69) is 21.8 Å². The molecule has 1 aromatic rings. The van der Waals surface area contributed by atoms with Crippen molar-refractivity contribution in [2.75, 3.05) is 32.7 Å². The van der Waals surface area contributed by atoms with Crippen molar-refractivity contribution in [3.63, 3.8) is 0 Å². The van der Waals surface area contributed by atoms with Crippen molar-refractivity contribution in [2.45, 2.75) is 38.8 Å². The first-order chi connectivity index (χ1) is 14.3. The fourth-order valence-corrected chi connectivity index (χ4v) is 4.49. The van der Waals surface area contributed by atoms with Crippen LogP contribution in [0.5, 0.6) is 0 Å². The summed E-state index contributed by atoms with van der Waals surface area (Å²) >= 11 is 0. The quantitative estimate of drug-likeness (QED) is 0.546. The van der Waals surface area contributed by atoms with Crippen molar-refractivity contribution in [2.24, 2.45) is 16.5 Å². The molecule has 0 aromatic carbocycles. The normalized spacial score (nSPS) is 25.1. The number of nitrogens with two attached hydrogens (primary N) is 2. The van der Waals surface area contributed by atoms with E-state index >= 15 is 0 Å². The smallest absolute Gasteiger partial charge is 0.321 e. The molecule has 3 amide bonds. The Bertz CT molecular complexity index is 908. The number of hydrogen-bond donors (Lipinski definition) is 2. The lowest BCUT2D eigenvalue weighted by atomic mass is 10.1. The van der Waals surface area contributed by atoms with Crippen LogP contribution in [0.1, 0.15) is 35.8 Å². The molecule has 2 saturated heterocycles. The Kier molecular flexibility index (Phi) is 5.46. The van der Waals surface area contributed by atoms with Gasteiger partial charge in [-0.2, -0.15) is 4.99 Å². The standard InChI is InChI=1S/C21H29N7O2/c1-13-5-6-18(24-8-13)20(29)25-19(23)16-11-27(12-17(16)22)21(30)28-10-15-4-3-7-26(15)9-14(28)2/h5-6,8,14-15H,3-4,7,9-12,22H2,1-2H3,(H2,23,25,29). The summed E-state index contributed by atoms with van der Waals surface area (Å²) in [5.41, 5.74) is 14.4. The number of pyridine rings is 1. The number of hydrogen-bond acceptors (Lipinski definition) is 5. The first-order valence-corrected chi connectivity index (χ1v) is 10.4. The Balaban J connectivity index is 1.43. The molecule has 4 heterocycles. The molecule has 30 heavy (non-hydrogen) atoms. The zero-order valence-corrected chi connectivity index (χ0v) is 17.5. The van der Waals surface area contributed by atoms with Crippen molar-refractivity contribution in [1.82, 2.24) is 19.7 Å². The van der Waals surface area contributed by atoms with Crippen LogP contribution in [0.4, 0.5) is 4.79 Å². The van der Waals surface area contributed by atoms with E-state index in [-0.39, 0.29) is 30.1 Å². The van der Waals surface area contributed by atoms with E-state index in [0.717, 1.165) is 31.6 Å². The minimum Gasteiger partial charge on any atom is -0.400 e. The van der Waals surface area contributed by atoms with Crippen molar-refractivity contribution < 1.29 is 9.59 Å². The van der Waals surface area contributed by atoms with Crippen LogP contribution < -0.4 is 11.5 Å². The predicted octanol–water partition coefficient (Wildman–Crippen LogP) is 0.704. The fourth-order valence-electron chi connectivity index (χ4n) is 4.49. The van der Waals surface area contributed by atoms with Crippen LogP contribution >= 0.6 is 0 Å². The van der Waals surface area contributed by atoms with E-state index in [1.165, 1.54) is 6.42 Å². The van der Waals surface area contributed by atoms with Crippen LogP contribution in [0.3, 0.4) is 0 Å². The Hall–Kier alpha value is -2.94. The first-order valence-electron chi connectivity index (χ1n) is 10.4. The molecule has 2 atom stereocenters. The second-order valence-corrected chi connectivity index (χ2v) is 8.46. The highest BCUT2D eigenvalue weighted by Gasteiger charge is 2.39. The number of carbonyl (C=O) groups excluding carboxylic acids is 2. The number of amides is 3. The van der Waals surface area contributed by atoms with E-state index in [0.29, 0.717) is 23.9 Å². The Morgan fingerprint density at radius 2 is 2.03 bits per heavy atom. The summed E-state index contributed by atoms with van der Waals surface area (Å²) in [5.74, 6) is -0.479. The molecule has 0 aliphatic carbocycles. The Morgan fingerprint density at radius 3 is 2.77 bits per heavy atom. The number of aliphatic imine (C=N–C) groups is 1. The van der Waals surface area contributed by atoms with Crippen LogP contribution in [-0.4, -0.2) is 82.3 Å². The van der Waals surface area contributed by atoms with Gasteiger partial charge in [0.05, 0.1) is 13.1 Å². The molecule has 2 unspecified atom stereocenters. The molecule has 3 aliphatic rings. The molecule has 3 aliphatic heterocycles. The van der Waals surface area contributed by atoms with Crippen molar-refractivity contribution in [3.8, 4) is 0 Å². The second kappa shape index (κ2) is 8.06. The van der Waals surface area contributed by atoms with Gasteiger partial charge in [0.2, 0.25) is 0 Å². The highest BCUT2D eigenvalue weighted by atomic mass is 16.2. The number of rotatable bonds is 2. The lowest BCUT2D eigenvalue weighted by molar-refractivity contribution is 0.0667. The summed E-state index contributed by atoms with van der Waals surface area (Å²) in [4.78, 5) is 39.7. The Morgan fingerprint density at radius 1 is 1.23 bits per heavy atom. The lowest BCUT2D eigenvalue weighted by Crippen LogP contribution is -2.59. The van der Waals surface area contributed by atoms with Crippen LogP contribution in [0.2, 0.25) is 0 Å². The van der Waals surface area contributed by atoms with Crippen LogP contribution in [0.25, 0.3) is 0 Å². The molecule has 1 aromatic heterocycles. The number of nitrogens with zero attached hydrogens (tertiary/aromatic N) is 5. The molecule has 2 fully saturated rings. The molecule has 0 radical (unpaired) electrons. The van der Waals surface area contributed by atoms with Gasteiger partial charge in [0.15, 0.2) is 0 Å². The van der Waals surface area contributed by atoms with Gasteiger partial charge in [0.25, 0.3) is 5.91 Å². The molecule has 0 saturated carbocycles. The molecular weight excluding hydrogens is 382 g/mol. The van der Waals surface area contributed by atoms with Crippen LogP contribution in [0, 0.1) is 6.92 Å². The number of piperazine rings is 1. The van der Waals surface area contributed by atoms with Gasteiger partial charge in [0, 0.05) is 42.6 Å². The number of carbonyl (C=O) groups is 2. The molecule has 4 N–H and O–H groups in total. The van der Waals surface area contributed by atoms with Gasteiger partial charge in [0.1, 0.15) is 11.5 Å². The zero-order chi connectivity index (χ0) is 21.4. The number of amidine groups is 1. The van der Waals surface area contributed by atoms with E-state index in [1.54, 1.807) is 23.2 Å². The van der Waals surface area contributed by atoms with Crippen molar-refractivity contribution in [1.29, 1.82) is 0 Å². The maximum absolute atomic E-state index is 13.2. The van der Waals surface area contributed by atoms with Gasteiger partial charge in [-0.05, 0) is 44.9 Å². The van der Waals surface area contributed by atoms with Crippen molar-refractivity contribution in [3.05, 3.63) is 40.9 Å². The lowest BCUT2D eigenvalue weighted by Gasteiger charge is -2.43. The van der Waals surface area contributed by atoms with E-state index < -0.39 is 5.91 Å². The number of aromatic nitrogens is 1. The number of fused-ring (bicyclic) bond motifs is 1. The summed E-state index contributed by atoms with van der Waals surface area (Å²) in [7, 11) is 0. The van der Waals surface area contributed by atoms with Gasteiger partial charge < -0.3 is 21.3 Å². The van der Waals surface area contributed by atoms with Crippen LogP contribution in [-0.2, 0) is 0 Å². The Labute approximate surface area is 176 Å². The molecular formula is C21H29N7O2. The minimum absolute atomic E-state index is 0.0358. The van der Waals surface area contributed by atoms with E-state index in [1.807, 2.05) is 11.8 Å². The molecule has 9 heteroatoms. The fraction of sp³-hybridized carbons (Fsp3) is 0.524. The van der Waals surface area contributed by atoms with Gasteiger partial charge in [-0.3, -0.25) is 14.7 Å². The van der Waals surface area contributed by atoms with Gasteiger partial charge >= 0.3 is 6.03 Å². The van der Waals surface area contributed by atoms with Gasteiger partial charge in [-0.1, -0.05) is 6.07 Å². The molecule has 9 nitrogen and oxygen atoms in total. The molecule has 160 valence electrons. The van der Waals surface area contributed by atoms with Crippen LogP contribution in [0.15, 0.2) is 34.6 Å². The maximum atomic E-state index is 13.2. The zero-order valence-electron chi connectivity index (χ0n) is 17.5. The topological polar surface area (TPSA) is 121 Å². The second-order valence-electron chi connectivity index (χ2n) is 8.46. The monoisotopic (exact) mass is 411 g/mol. The number of aryl methyl sites for hydroxylation is 1. The largest absolute Gasteiger partial charge is 0.400 e. The summed E-state index contributed by atoms with van der Waals surface area (Å²) in [5, 5.41) is 0. The average Bonchev–Trinajstić information content (AvgIpc) is 3.33. The number of urea groups is 1. The van der Waals surface area contributed by atoms with E-state index in [9.17, 15) is 9.59 Å². The third-order valence-electron chi connectivity index (χ3n) is 6.21. The SMILES string of the molecule is Cc1ccc(C(=O)N=C(N)C2=C(N)CN(C(=O)N3CC4CCCN4CC3C)C2)nc1. The van der Waals surface area contributed by atoms with Gasteiger partial charge in [-0.25, -0.2) is 4.79 Å².